The second-order valence-electron chi connectivity index (χ2n) is 9.13. The molecule has 0 radical (unpaired) electrons. The zero-order valence-electron chi connectivity index (χ0n) is 18.4. The molecule has 0 unspecified atom stereocenters. The molecule has 170 valence electrons. The second-order valence-corrected chi connectivity index (χ2v) is 9.13. The average molecular weight is 455 g/mol. The summed E-state index contributed by atoms with van der Waals surface area (Å²) in [6, 6.07) is 21.9. The van der Waals surface area contributed by atoms with Gasteiger partial charge in [0.25, 0.3) is 5.91 Å². The number of fused-ring (bicyclic) bond motifs is 4. The molecular weight excluding hydrogens is 433 g/mol. The number of para-hydroxylation sites is 2. The van der Waals surface area contributed by atoms with Crippen LogP contribution in [0.4, 0.5) is 15.8 Å². The molecule has 1 spiro atoms. The molecule has 3 aliphatic rings. The van der Waals surface area contributed by atoms with Crippen LogP contribution in [-0.4, -0.2) is 23.8 Å². The standard InChI is InChI=1S/C27H22FN3O3/c1-16-22-23(25(33)31(24(22)32)19-7-3-2-4-8-19)27(29-16)20-9-5-6-10-21(20)30(26(27)34)15-17-11-13-18(28)14-12-17/h2-14,16,22-23,29H,15H2,1H3/t16-,22-,23+,27-/m0/s1. The summed E-state index contributed by atoms with van der Waals surface area (Å²) in [5.74, 6) is -2.80. The van der Waals surface area contributed by atoms with Gasteiger partial charge in [0.1, 0.15) is 11.4 Å². The molecule has 3 aromatic rings. The van der Waals surface area contributed by atoms with Crippen molar-refractivity contribution in [3.8, 4) is 0 Å². The zero-order valence-corrected chi connectivity index (χ0v) is 18.4. The van der Waals surface area contributed by atoms with E-state index < -0.39 is 17.4 Å². The SMILES string of the molecule is C[C@@H]1N[C@]2(C(=O)N(Cc3ccc(F)cc3)c3ccccc32)[C@H]2C(=O)N(c3ccccc3)C(=O)[C@@H]12. The van der Waals surface area contributed by atoms with Crippen molar-refractivity contribution >= 4 is 29.1 Å². The number of hydrogen-bond acceptors (Lipinski definition) is 4. The first kappa shape index (κ1) is 20.7. The normalized spacial score (nSPS) is 27.6. The van der Waals surface area contributed by atoms with Gasteiger partial charge in [0.15, 0.2) is 0 Å². The number of benzene rings is 3. The van der Waals surface area contributed by atoms with E-state index >= 15 is 0 Å². The zero-order chi connectivity index (χ0) is 23.6. The lowest BCUT2D eigenvalue weighted by molar-refractivity contribution is -0.132. The molecule has 7 heteroatoms. The fourth-order valence-corrected chi connectivity index (χ4v) is 5.87. The summed E-state index contributed by atoms with van der Waals surface area (Å²) in [5.41, 5.74) is 1.32. The van der Waals surface area contributed by atoms with Gasteiger partial charge in [-0.3, -0.25) is 19.7 Å². The van der Waals surface area contributed by atoms with Crippen LogP contribution in [0.2, 0.25) is 0 Å². The van der Waals surface area contributed by atoms with E-state index in [1.165, 1.54) is 17.0 Å². The molecule has 3 heterocycles. The minimum absolute atomic E-state index is 0.232. The van der Waals surface area contributed by atoms with Gasteiger partial charge in [-0.2, -0.15) is 0 Å². The first-order valence-electron chi connectivity index (χ1n) is 11.3. The molecule has 3 amide bonds. The maximum atomic E-state index is 14.1. The van der Waals surface area contributed by atoms with Gasteiger partial charge in [-0.15, -0.1) is 0 Å². The predicted octanol–water partition coefficient (Wildman–Crippen LogP) is 3.37. The maximum Gasteiger partial charge on any atom is 0.253 e. The smallest absolute Gasteiger partial charge is 0.253 e. The quantitative estimate of drug-likeness (QED) is 0.615. The number of hydrogen-bond donors (Lipinski definition) is 1. The Balaban J connectivity index is 1.46. The summed E-state index contributed by atoms with van der Waals surface area (Å²) in [4.78, 5) is 44.3. The third-order valence-electron chi connectivity index (χ3n) is 7.28. The molecule has 34 heavy (non-hydrogen) atoms. The fourth-order valence-electron chi connectivity index (χ4n) is 5.87. The van der Waals surface area contributed by atoms with Gasteiger partial charge in [-0.1, -0.05) is 48.5 Å². The number of carbonyl (C=O) groups excluding carboxylic acids is 3. The highest BCUT2D eigenvalue weighted by Gasteiger charge is 2.71. The number of carbonyl (C=O) groups is 3. The van der Waals surface area contributed by atoms with Crippen LogP contribution in [0.1, 0.15) is 18.1 Å². The van der Waals surface area contributed by atoms with Crippen molar-refractivity contribution in [1.82, 2.24) is 5.32 Å². The molecule has 2 fully saturated rings. The number of imide groups is 1. The third kappa shape index (κ3) is 2.67. The van der Waals surface area contributed by atoms with E-state index in [2.05, 4.69) is 5.32 Å². The first-order chi connectivity index (χ1) is 16.4. The summed E-state index contributed by atoms with van der Waals surface area (Å²) in [7, 11) is 0. The van der Waals surface area contributed by atoms with Crippen molar-refractivity contribution in [1.29, 1.82) is 0 Å². The van der Waals surface area contributed by atoms with Gasteiger partial charge in [-0.05, 0) is 42.8 Å². The topological polar surface area (TPSA) is 69.7 Å². The first-order valence-corrected chi connectivity index (χ1v) is 11.3. The van der Waals surface area contributed by atoms with Gasteiger partial charge in [-0.25, -0.2) is 9.29 Å². The molecule has 0 aliphatic carbocycles. The Morgan fingerprint density at radius 3 is 2.29 bits per heavy atom. The molecule has 3 aromatic carbocycles. The molecule has 2 saturated heterocycles. The van der Waals surface area contributed by atoms with Crippen molar-refractivity contribution in [3.63, 3.8) is 0 Å². The summed E-state index contributed by atoms with van der Waals surface area (Å²) in [6.45, 7) is 2.08. The Kier molecular flexibility index (Phi) is 4.47. The predicted molar refractivity (Wildman–Crippen MR) is 124 cm³/mol. The number of halogens is 1. The average Bonchev–Trinajstić information content (AvgIpc) is 3.39. The second kappa shape index (κ2) is 7.33. The maximum absolute atomic E-state index is 14.1. The summed E-state index contributed by atoms with van der Waals surface area (Å²) < 4.78 is 13.4. The van der Waals surface area contributed by atoms with Crippen LogP contribution < -0.4 is 15.1 Å². The van der Waals surface area contributed by atoms with Crippen molar-refractivity contribution < 1.29 is 18.8 Å². The van der Waals surface area contributed by atoms with Crippen molar-refractivity contribution in [2.24, 2.45) is 11.8 Å². The number of nitrogens with one attached hydrogen (secondary N) is 1. The van der Waals surface area contributed by atoms with Gasteiger partial charge in [0.2, 0.25) is 11.8 Å². The Bertz CT molecular complexity index is 1330. The summed E-state index contributed by atoms with van der Waals surface area (Å²) >= 11 is 0. The largest absolute Gasteiger partial charge is 0.306 e. The molecule has 6 nitrogen and oxygen atoms in total. The molecule has 0 aromatic heterocycles. The molecular formula is C27H22FN3O3. The Hall–Kier alpha value is -3.84. The van der Waals surface area contributed by atoms with Gasteiger partial charge >= 0.3 is 0 Å². The lowest BCUT2D eigenvalue weighted by Crippen LogP contribution is -2.54. The summed E-state index contributed by atoms with van der Waals surface area (Å²) in [6.07, 6.45) is 0. The lowest BCUT2D eigenvalue weighted by atomic mass is 9.76. The van der Waals surface area contributed by atoms with Crippen LogP contribution in [0.3, 0.4) is 0 Å². The molecule has 0 bridgehead atoms. The molecule has 1 N–H and O–H groups in total. The van der Waals surface area contributed by atoms with Gasteiger partial charge in [0.05, 0.1) is 24.1 Å². The van der Waals surface area contributed by atoms with Crippen LogP contribution >= 0.6 is 0 Å². The van der Waals surface area contributed by atoms with Crippen LogP contribution in [0.25, 0.3) is 0 Å². The Morgan fingerprint density at radius 1 is 0.882 bits per heavy atom. The molecule has 6 rings (SSSR count). The minimum Gasteiger partial charge on any atom is -0.306 e. The van der Waals surface area contributed by atoms with Crippen LogP contribution in [-0.2, 0) is 26.5 Å². The van der Waals surface area contributed by atoms with Crippen molar-refractivity contribution in [3.05, 3.63) is 95.8 Å². The molecule has 0 saturated carbocycles. The van der Waals surface area contributed by atoms with Crippen molar-refractivity contribution in [2.45, 2.75) is 25.0 Å². The van der Waals surface area contributed by atoms with Crippen LogP contribution in [0, 0.1) is 17.7 Å². The van der Waals surface area contributed by atoms with Crippen LogP contribution in [0.15, 0.2) is 78.9 Å². The number of amides is 3. The Morgan fingerprint density at radius 2 is 1.56 bits per heavy atom. The van der Waals surface area contributed by atoms with E-state index in [9.17, 15) is 18.8 Å². The van der Waals surface area contributed by atoms with E-state index in [1.807, 2.05) is 37.3 Å². The highest BCUT2D eigenvalue weighted by Crippen LogP contribution is 2.55. The fraction of sp³-hybridized carbons (Fsp3) is 0.222. The highest BCUT2D eigenvalue weighted by molar-refractivity contribution is 6.26. The van der Waals surface area contributed by atoms with E-state index in [4.69, 9.17) is 0 Å². The number of nitrogens with zero attached hydrogens (tertiary/aromatic N) is 2. The number of anilines is 2. The Labute approximate surface area is 196 Å². The molecule has 4 atom stereocenters. The third-order valence-corrected chi connectivity index (χ3v) is 7.28. The van der Waals surface area contributed by atoms with E-state index in [0.717, 1.165) is 5.56 Å². The van der Waals surface area contributed by atoms with Crippen LogP contribution in [0.5, 0.6) is 0 Å². The van der Waals surface area contributed by atoms with Gasteiger partial charge < -0.3 is 4.90 Å². The summed E-state index contributed by atoms with van der Waals surface area (Å²) in [5, 5.41) is 3.38. The van der Waals surface area contributed by atoms with E-state index in [0.29, 0.717) is 16.9 Å². The minimum atomic E-state index is -1.34. The molecule has 3 aliphatic heterocycles. The highest BCUT2D eigenvalue weighted by atomic mass is 19.1. The van der Waals surface area contributed by atoms with Gasteiger partial charge in [0, 0.05) is 17.3 Å². The van der Waals surface area contributed by atoms with Crippen molar-refractivity contribution in [2.75, 3.05) is 9.80 Å². The lowest BCUT2D eigenvalue weighted by Gasteiger charge is -2.30. The number of rotatable bonds is 3. The monoisotopic (exact) mass is 455 g/mol. The van der Waals surface area contributed by atoms with E-state index in [1.54, 1.807) is 41.3 Å². The van der Waals surface area contributed by atoms with E-state index in [-0.39, 0.29) is 36.1 Å².